The Labute approximate surface area is 113 Å². The van der Waals surface area contributed by atoms with E-state index in [1.807, 2.05) is 37.3 Å². The molecule has 0 aliphatic rings. The van der Waals surface area contributed by atoms with Crippen LogP contribution in [-0.4, -0.2) is 19.1 Å². The van der Waals surface area contributed by atoms with Crippen LogP contribution in [0.3, 0.4) is 0 Å². The van der Waals surface area contributed by atoms with Crippen molar-refractivity contribution >= 4 is 12.0 Å². The third-order valence-corrected chi connectivity index (χ3v) is 2.16. The van der Waals surface area contributed by atoms with Gasteiger partial charge in [0.1, 0.15) is 12.4 Å². The first-order valence-electron chi connectivity index (χ1n) is 6.11. The highest BCUT2D eigenvalue weighted by Gasteiger charge is 2.08. The smallest absolute Gasteiger partial charge is 0.338 e. The van der Waals surface area contributed by atoms with Crippen LogP contribution in [0.5, 0.6) is 0 Å². The third-order valence-electron chi connectivity index (χ3n) is 2.16. The molecular formula is C15H19NO3. The summed E-state index contributed by atoms with van der Waals surface area (Å²) in [4.78, 5) is 16.7. The Bertz CT molecular complexity index is 452. The molecule has 0 saturated heterocycles. The average molecular weight is 261 g/mol. The van der Waals surface area contributed by atoms with Gasteiger partial charge < -0.3 is 4.74 Å². The lowest BCUT2D eigenvalue weighted by atomic mass is 10.2. The van der Waals surface area contributed by atoms with Gasteiger partial charge in [0.2, 0.25) is 0 Å². The normalized spacial score (nSPS) is 11.2. The number of carbonyl (C=O) groups is 1. The second-order valence-corrected chi connectivity index (χ2v) is 3.98. The van der Waals surface area contributed by atoms with Crippen LogP contribution >= 0.6 is 0 Å². The van der Waals surface area contributed by atoms with Crippen LogP contribution in [0, 0.1) is 0 Å². The van der Waals surface area contributed by atoms with Gasteiger partial charge in [0.05, 0.1) is 0 Å². The molecule has 0 aromatic heterocycles. The van der Waals surface area contributed by atoms with E-state index in [1.54, 1.807) is 13.0 Å². The number of benzene rings is 1. The fourth-order valence-corrected chi connectivity index (χ4v) is 1.27. The number of hydroxylamine groups is 1. The molecule has 1 rings (SSSR count). The van der Waals surface area contributed by atoms with E-state index in [0.29, 0.717) is 17.9 Å². The van der Waals surface area contributed by atoms with Gasteiger partial charge in [0.25, 0.3) is 0 Å². The number of hydrogen-bond donors (Lipinski definition) is 1. The highest BCUT2D eigenvalue weighted by Crippen LogP contribution is 2.10. The first-order valence-corrected chi connectivity index (χ1v) is 6.11. The molecule has 1 N–H and O–H groups in total. The van der Waals surface area contributed by atoms with Gasteiger partial charge in [-0.25, -0.2) is 10.3 Å². The molecule has 4 heteroatoms. The Kier molecular flexibility index (Phi) is 6.57. The Balaban J connectivity index is 2.76. The summed E-state index contributed by atoms with van der Waals surface area (Å²) >= 11 is 0. The maximum absolute atomic E-state index is 11.5. The number of carbonyl (C=O) groups excluding carboxylic acids is 1. The summed E-state index contributed by atoms with van der Waals surface area (Å²) in [5, 5.41) is 0. The third kappa shape index (κ3) is 5.99. The van der Waals surface area contributed by atoms with Gasteiger partial charge in [-0.15, -0.1) is 0 Å². The number of ether oxygens (including phenoxy) is 1. The zero-order chi connectivity index (χ0) is 14.1. The molecule has 19 heavy (non-hydrogen) atoms. The highest BCUT2D eigenvalue weighted by atomic mass is 16.7. The Morgan fingerprint density at radius 1 is 1.37 bits per heavy atom. The van der Waals surface area contributed by atoms with E-state index in [9.17, 15) is 4.79 Å². The quantitative estimate of drug-likeness (QED) is 0.269. The minimum Gasteiger partial charge on any atom is -0.425 e. The molecule has 0 amide bonds. The lowest BCUT2D eigenvalue weighted by Gasteiger charge is -2.09. The highest BCUT2D eigenvalue weighted by molar-refractivity contribution is 5.88. The second kappa shape index (κ2) is 8.24. The molecule has 0 radical (unpaired) electrons. The molecule has 0 atom stereocenters. The predicted molar refractivity (Wildman–Crippen MR) is 75.0 cm³/mol. The summed E-state index contributed by atoms with van der Waals surface area (Å²) in [5.74, 6) is -0.0255. The summed E-state index contributed by atoms with van der Waals surface area (Å²) in [6.45, 7) is 7.92. The minimum absolute atomic E-state index is 0.168. The average Bonchev–Trinajstić information content (AvgIpc) is 2.40. The van der Waals surface area contributed by atoms with E-state index in [0.717, 1.165) is 5.56 Å². The molecule has 0 heterocycles. The van der Waals surface area contributed by atoms with Gasteiger partial charge in [-0.2, -0.15) is 0 Å². The molecule has 102 valence electrons. The van der Waals surface area contributed by atoms with Gasteiger partial charge in [0.15, 0.2) is 0 Å². The van der Waals surface area contributed by atoms with Gasteiger partial charge in [-0.3, -0.25) is 4.84 Å². The predicted octanol–water partition coefficient (Wildman–Crippen LogP) is 2.69. The molecule has 1 aromatic rings. The summed E-state index contributed by atoms with van der Waals surface area (Å²) in [6, 6.07) is 9.58. The van der Waals surface area contributed by atoms with E-state index in [1.165, 1.54) is 0 Å². The van der Waals surface area contributed by atoms with Gasteiger partial charge in [0, 0.05) is 12.1 Å². The van der Waals surface area contributed by atoms with Gasteiger partial charge in [-0.05, 0) is 18.6 Å². The number of hydrogen-bond acceptors (Lipinski definition) is 4. The molecule has 0 spiro atoms. The van der Waals surface area contributed by atoms with Gasteiger partial charge >= 0.3 is 5.97 Å². The summed E-state index contributed by atoms with van der Waals surface area (Å²) in [5.41, 5.74) is 4.00. The van der Waals surface area contributed by atoms with Crippen molar-refractivity contribution in [1.29, 1.82) is 0 Å². The van der Waals surface area contributed by atoms with Gasteiger partial charge in [-0.1, -0.05) is 43.8 Å². The van der Waals surface area contributed by atoms with Crippen LogP contribution < -0.4 is 5.48 Å². The molecule has 0 aliphatic carbocycles. The second-order valence-electron chi connectivity index (χ2n) is 3.98. The van der Waals surface area contributed by atoms with E-state index < -0.39 is 5.97 Å². The van der Waals surface area contributed by atoms with Crippen LogP contribution in [0.2, 0.25) is 0 Å². The first kappa shape index (κ1) is 15.1. The maximum atomic E-state index is 11.5. The molecular weight excluding hydrogens is 242 g/mol. The zero-order valence-corrected chi connectivity index (χ0v) is 11.3. The summed E-state index contributed by atoms with van der Waals surface area (Å²) in [7, 11) is 0. The lowest BCUT2D eigenvalue weighted by molar-refractivity contribution is -0.136. The number of esters is 1. The molecule has 0 bridgehead atoms. The van der Waals surface area contributed by atoms with Crippen LogP contribution in [-0.2, 0) is 14.4 Å². The maximum Gasteiger partial charge on any atom is 0.338 e. The van der Waals surface area contributed by atoms with Crippen molar-refractivity contribution in [2.75, 3.05) is 13.2 Å². The van der Waals surface area contributed by atoms with E-state index in [4.69, 9.17) is 9.57 Å². The Hall–Kier alpha value is -1.91. The van der Waals surface area contributed by atoms with Crippen molar-refractivity contribution in [3.63, 3.8) is 0 Å². The minimum atomic E-state index is -0.456. The lowest BCUT2D eigenvalue weighted by Crippen LogP contribution is -2.17. The zero-order valence-electron chi connectivity index (χ0n) is 11.3. The number of rotatable bonds is 7. The Morgan fingerprint density at radius 2 is 2.05 bits per heavy atom. The van der Waals surface area contributed by atoms with Crippen LogP contribution in [0.25, 0.3) is 6.08 Å². The molecule has 0 saturated carbocycles. The van der Waals surface area contributed by atoms with Crippen molar-refractivity contribution in [3.05, 3.63) is 53.8 Å². The Morgan fingerprint density at radius 3 is 2.63 bits per heavy atom. The van der Waals surface area contributed by atoms with E-state index >= 15 is 0 Å². The fraction of sp³-hybridized carbons (Fsp3) is 0.267. The van der Waals surface area contributed by atoms with Crippen molar-refractivity contribution < 1.29 is 14.4 Å². The van der Waals surface area contributed by atoms with Crippen molar-refractivity contribution in [2.24, 2.45) is 0 Å². The monoisotopic (exact) mass is 261 g/mol. The molecule has 0 unspecified atom stereocenters. The number of nitrogens with one attached hydrogen (secondary N) is 1. The van der Waals surface area contributed by atoms with Crippen molar-refractivity contribution in [1.82, 2.24) is 5.48 Å². The first-order chi connectivity index (χ1) is 9.13. The van der Waals surface area contributed by atoms with Crippen LogP contribution in [0.4, 0.5) is 0 Å². The van der Waals surface area contributed by atoms with E-state index in [2.05, 4.69) is 12.1 Å². The molecule has 4 nitrogen and oxygen atoms in total. The molecule has 0 aliphatic heterocycles. The van der Waals surface area contributed by atoms with Crippen LogP contribution in [0.15, 0.2) is 48.2 Å². The largest absolute Gasteiger partial charge is 0.425 e. The summed E-state index contributed by atoms with van der Waals surface area (Å²) < 4.78 is 5.22. The topological polar surface area (TPSA) is 47.6 Å². The SMILES string of the molecule is C=C(C)C(=O)OC(=Cc1ccccc1)CONCC. The molecule has 0 fully saturated rings. The summed E-state index contributed by atoms with van der Waals surface area (Å²) in [6.07, 6.45) is 1.76. The van der Waals surface area contributed by atoms with Crippen LogP contribution in [0.1, 0.15) is 19.4 Å². The molecule has 1 aromatic carbocycles. The fourth-order valence-electron chi connectivity index (χ4n) is 1.27. The van der Waals surface area contributed by atoms with Crippen molar-refractivity contribution in [2.45, 2.75) is 13.8 Å². The van der Waals surface area contributed by atoms with E-state index in [-0.39, 0.29) is 6.61 Å². The standard InChI is InChI=1S/C15H19NO3/c1-4-16-18-11-14(19-15(17)12(2)3)10-13-8-6-5-7-9-13/h5-10,16H,2,4,11H2,1,3H3. The van der Waals surface area contributed by atoms with Crippen molar-refractivity contribution in [3.8, 4) is 0 Å².